The van der Waals surface area contributed by atoms with Crippen LogP contribution in [0.5, 0.6) is 11.5 Å². The van der Waals surface area contributed by atoms with Crippen LogP contribution in [0.2, 0.25) is 0 Å². The summed E-state index contributed by atoms with van der Waals surface area (Å²) in [4.78, 5) is 0. The second-order valence-electron chi connectivity index (χ2n) is 3.37. The molecule has 94 valence electrons. The van der Waals surface area contributed by atoms with Gasteiger partial charge in [-0.25, -0.2) is 0 Å². The zero-order chi connectivity index (χ0) is 12.5. The number of methoxy groups -OCH3 is 1. The van der Waals surface area contributed by atoms with Gasteiger partial charge in [0.15, 0.2) is 11.5 Å². The Morgan fingerprint density at radius 3 is 2.65 bits per heavy atom. The molecule has 1 aliphatic heterocycles. The number of anilines is 1. The van der Waals surface area contributed by atoms with Crippen molar-refractivity contribution in [3.8, 4) is 11.5 Å². The summed E-state index contributed by atoms with van der Waals surface area (Å²) in [7, 11) is 0.984. The Bertz CT molecular complexity index is 408. The zero-order valence-corrected chi connectivity index (χ0v) is 8.88. The van der Waals surface area contributed by atoms with Crippen LogP contribution in [-0.4, -0.2) is 26.3 Å². The number of alkyl halides is 3. The highest BCUT2D eigenvalue weighted by atomic mass is 19.4. The summed E-state index contributed by atoms with van der Waals surface area (Å²) in [6, 6.07) is 4.43. The second kappa shape index (κ2) is 4.33. The molecule has 1 aliphatic rings. The lowest BCUT2D eigenvalue weighted by molar-refractivity contribution is -0.202. The molecule has 0 bridgehead atoms. The average molecular weight is 249 g/mol. The van der Waals surface area contributed by atoms with E-state index in [1.165, 1.54) is 18.2 Å². The van der Waals surface area contributed by atoms with Gasteiger partial charge in [-0.1, -0.05) is 0 Å². The van der Waals surface area contributed by atoms with Crippen LogP contribution >= 0.6 is 0 Å². The number of ether oxygens (including phenoxy) is 3. The fourth-order valence-corrected chi connectivity index (χ4v) is 1.41. The number of fused-ring (bicyclic) bond motifs is 1. The first-order chi connectivity index (χ1) is 8.00. The molecule has 0 saturated heterocycles. The predicted octanol–water partition coefficient (Wildman–Crippen LogP) is 2.36. The van der Waals surface area contributed by atoms with Crippen LogP contribution in [0.3, 0.4) is 0 Å². The summed E-state index contributed by atoms with van der Waals surface area (Å²) >= 11 is 0. The number of nitrogens with one attached hydrogen (secondary N) is 1. The van der Waals surface area contributed by atoms with E-state index in [0.29, 0.717) is 11.5 Å². The minimum atomic E-state index is -4.48. The van der Waals surface area contributed by atoms with Gasteiger partial charge in [-0.3, -0.25) is 0 Å². The molecule has 1 N–H and O–H groups in total. The lowest BCUT2D eigenvalue weighted by Crippen LogP contribution is -2.37. The highest BCUT2D eigenvalue weighted by molar-refractivity contribution is 5.55. The van der Waals surface area contributed by atoms with Gasteiger partial charge >= 0.3 is 6.18 Å². The topological polar surface area (TPSA) is 39.7 Å². The van der Waals surface area contributed by atoms with Crippen LogP contribution in [-0.2, 0) is 4.74 Å². The molecule has 0 fully saturated rings. The average Bonchev–Trinajstić information content (AvgIpc) is 2.71. The number of hydrogen-bond acceptors (Lipinski definition) is 4. The van der Waals surface area contributed by atoms with Gasteiger partial charge in [0.25, 0.3) is 0 Å². The van der Waals surface area contributed by atoms with Crippen LogP contribution in [0.25, 0.3) is 0 Å². The molecule has 0 unspecified atom stereocenters. The van der Waals surface area contributed by atoms with Gasteiger partial charge in [0.1, 0.15) is 0 Å². The molecule has 7 heteroatoms. The van der Waals surface area contributed by atoms with E-state index >= 15 is 0 Å². The molecular formula is C10H10F3NO3. The molecule has 1 heterocycles. The molecule has 0 aromatic heterocycles. The summed E-state index contributed by atoms with van der Waals surface area (Å²) in [5, 5.41) is 2.22. The van der Waals surface area contributed by atoms with E-state index in [1.807, 2.05) is 0 Å². The molecule has 0 spiro atoms. The largest absolute Gasteiger partial charge is 0.454 e. The van der Waals surface area contributed by atoms with Crippen molar-refractivity contribution in [3.05, 3.63) is 18.2 Å². The van der Waals surface area contributed by atoms with Crippen LogP contribution in [0, 0.1) is 0 Å². The maximum absolute atomic E-state index is 12.4. The summed E-state index contributed by atoms with van der Waals surface area (Å²) in [5.74, 6) is 0.920. The molecular weight excluding hydrogens is 239 g/mol. The van der Waals surface area contributed by atoms with E-state index in [4.69, 9.17) is 9.47 Å². The van der Waals surface area contributed by atoms with Crippen molar-refractivity contribution in [1.29, 1.82) is 0 Å². The van der Waals surface area contributed by atoms with Crippen molar-refractivity contribution in [2.75, 3.05) is 19.2 Å². The zero-order valence-electron chi connectivity index (χ0n) is 8.88. The normalized spacial score (nSPS) is 15.8. The molecule has 1 atom stereocenters. The quantitative estimate of drug-likeness (QED) is 0.835. The van der Waals surface area contributed by atoms with Gasteiger partial charge in [0.2, 0.25) is 13.0 Å². The third-order valence-electron chi connectivity index (χ3n) is 2.20. The standard InChI is InChI=1S/C10H10F3NO3/c1-15-9(10(11,12)13)14-6-2-3-7-8(4-6)17-5-16-7/h2-4,9,14H,5H2,1H3/t9-/m0/s1. The Balaban J connectivity index is 2.13. The Hall–Kier alpha value is -1.63. The SMILES string of the molecule is CO[C@H](Nc1ccc2c(c1)OCO2)C(F)(F)F. The molecule has 4 nitrogen and oxygen atoms in total. The van der Waals surface area contributed by atoms with Crippen LogP contribution in [0.15, 0.2) is 18.2 Å². The summed E-state index contributed by atoms with van der Waals surface area (Å²) < 4.78 is 51.7. The smallest absolute Gasteiger partial charge is 0.433 e. The molecule has 1 aromatic rings. The number of rotatable bonds is 3. The van der Waals surface area contributed by atoms with Gasteiger partial charge in [-0.15, -0.1) is 0 Å². The number of hydrogen-bond donors (Lipinski definition) is 1. The third kappa shape index (κ3) is 2.55. The van der Waals surface area contributed by atoms with E-state index < -0.39 is 12.4 Å². The molecule has 0 radical (unpaired) electrons. The monoisotopic (exact) mass is 249 g/mol. The van der Waals surface area contributed by atoms with Gasteiger partial charge in [-0.05, 0) is 12.1 Å². The fraction of sp³-hybridized carbons (Fsp3) is 0.400. The Morgan fingerprint density at radius 2 is 2.00 bits per heavy atom. The first-order valence-corrected chi connectivity index (χ1v) is 4.76. The summed E-state index contributed by atoms with van der Waals surface area (Å²) in [5.41, 5.74) is 0.249. The number of halogens is 3. The predicted molar refractivity (Wildman–Crippen MR) is 53.0 cm³/mol. The highest BCUT2D eigenvalue weighted by Crippen LogP contribution is 2.35. The van der Waals surface area contributed by atoms with Crippen molar-refractivity contribution in [3.63, 3.8) is 0 Å². The molecule has 0 saturated carbocycles. The van der Waals surface area contributed by atoms with Gasteiger partial charge in [0.05, 0.1) is 0 Å². The first-order valence-electron chi connectivity index (χ1n) is 4.76. The maximum atomic E-state index is 12.4. The molecule has 0 amide bonds. The Labute approximate surface area is 95.3 Å². The molecule has 2 rings (SSSR count). The number of benzene rings is 1. The Morgan fingerprint density at radius 1 is 1.29 bits per heavy atom. The van der Waals surface area contributed by atoms with Gasteiger partial charge in [-0.2, -0.15) is 13.2 Å². The van der Waals surface area contributed by atoms with Crippen molar-refractivity contribution < 1.29 is 27.4 Å². The van der Waals surface area contributed by atoms with Gasteiger partial charge < -0.3 is 19.5 Å². The van der Waals surface area contributed by atoms with Crippen molar-refractivity contribution in [2.45, 2.75) is 12.4 Å². The van der Waals surface area contributed by atoms with Crippen LogP contribution in [0.1, 0.15) is 0 Å². The Kier molecular flexibility index (Phi) is 3.01. The minimum Gasteiger partial charge on any atom is -0.454 e. The first kappa shape index (κ1) is 11.8. The van der Waals surface area contributed by atoms with Crippen molar-refractivity contribution in [2.24, 2.45) is 0 Å². The lowest BCUT2D eigenvalue weighted by Gasteiger charge is -2.20. The molecule has 0 aliphatic carbocycles. The maximum Gasteiger partial charge on any atom is 0.433 e. The lowest BCUT2D eigenvalue weighted by atomic mass is 10.2. The summed E-state index contributed by atoms with van der Waals surface area (Å²) in [6.07, 6.45) is -6.53. The van der Waals surface area contributed by atoms with Crippen molar-refractivity contribution >= 4 is 5.69 Å². The highest BCUT2D eigenvalue weighted by Gasteiger charge is 2.40. The molecule has 1 aromatic carbocycles. The second-order valence-corrected chi connectivity index (χ2v) is 3.37. The fourth-order valence-electron chi connectivity index (χ4n) is 1.41. The van der Waals surface area contributed by atoms with Crippen molar-refractivity contribution in [1.82, 2.24) is 0 Å². The minimum absolute atomic E-state index is 0.0752. The molecule has 17 heavy (non-hydrogen) atoms. The van der Waals surface area contributed by atoms with E-state index in [2.05, 4.69) is 10.1 Å². The van der Waals surface area contributed by atoms with Gasteiger partial charge in [0, 0.05) is 18.9 Å². The summed E-state index contributed by atoms with van der Waals surface area (Å²) in [6.45, 7) is 0.0752. The van der Waals surface area contributed by atoms with Crippen LogP contribution in [0.4, 0.5) is 18.9 Å². The van der Waals surface area contributed by atoms with E-state index in [-0.39, 0.29) is 12.5 Å². The third-order valence-corrected chi connectivity index (χ3v) is 2.20. The van der Waals surface area contributed by atoms with E-state index in [9.17, 15) is 13.2 Å². The van der Waals surface area contributed by atoms with E-state index in [0.717, 1.165) is 7.11 Å². The van der Waals surface area contributed by atoms with Crippen LogP contribution < -0.4 is 14.8 Å². The van der Waals surface area contributed by atoms with E-state index in [1.54, 1.807) is 0 Å².